The molecule has 2 saturated heterocycles. The second kappa shape index (κ2) is 6.79. The van der Waals surface area contributed by atoms with Crippen LogP contribution in [0, 0.1) is 12.3 Å². The molecule has 128 valence electrons. The van der Waals surface area contributed by atoms with E-state index in [4.69, 9.17) is 16.3 Å². The van der Waals surface area contributed by atoms with Crippen molar-refractivity contribution in [3.05, 3.63) is 16.4 Å². The number of hydrogen-bond donors (Lipinski definition) is 1. The van der Waals surface area contributed by atoms with Crippen LogP contribution in [0.2, 0.25) is 5.02 Å². The highest BCUT2D eigenvalue weighted by Gasteiger charge is 2.48. The molecule has 1 aromatic rings. The Labute approximate surface area is 142 Å². The Morgan fingerprint density at radius 2 is 2.22 bits per heavy atom. The molecule has 2 aliphatic heterocycles. The van der Waals surface area contributed by atoms with Crippen molar-refractivity contribution in [3.63, 3.8) is 0 Å². The second-order valence-corrected chi connectivity index (χ2v) is 7.12. The fourth-order valence-electron chi connectivity index (χ4n) is 3.82. The summed E-state index contributed by atoms with van der Waals surface area (Å²) >= 11 is 6.26. The predicted octanol–water partition coefficient (Wildman–Crippen LogP) is 1.83. The van der Waals surface area contributed by atoms with E-state index in [1.807, 2.05) is 11.8 Å². The van der Waals surface area contributed by atoms with E-state index in [9.17, 15) is 4.79 Å². The molecule has 0 aromatic carbocycles. The Bertz CT molecular complexity index is 576. The summed E-state index contributed by atoms with van der Waals surface area (Å²) in [5, 5.41) is 7.91. The molecule has 0 saturated carbocycles. The molecule has 0 aliphatic carbocycles. The summed E-state index contributed by atoms with van der Waals surface area (Å²) in [7, 11) is 1.68. The molecular formula is C16H25ClN4O2. The van der Waals surface area contributed by atoms with Crippen LogP contribution in [0.4, 0.5) is 0 Å². The molecule has 2 aliphatic rings. The summed E-state index contributed by atoms with van der Waals surface area (Å²) in [5.41, 5.74) is 1.56. The summed E-state index contributed by atoms with van der Waals surface area (Å²) in [6, 6.07) is 0. The van der Waals surface area contributed by atoms with Gasteiger partial charge in [-0.25, -0.2) is 0 Å². The summed E-state index contributed by atoms with van der Waals surface area (Å²) < 4.78 is 5.13. The molecule has 0 bridgehead atoms. The number of nitrogens with one attached hydrogen (secondary N) is 1. The highest BCUT2D eigenvalue weighted by atomic mass is 35.5. The van der Waals surface area contributed by atoms with Crippen LogP contribution in [-0.2, 0) is 16.1 Å². The number of hydrogen-bond acceptors (Lipinski definition) is 4. The number of likely N-dealkylation sites (tertiary alicyclic amines) is 2. The topological polar surface area (TPSA) is 61.5 Å². The molecule has 1 spiro atoms. The van der Waals surface area contributed by atoms with Gasteiger partial charge < -0.3 is 9.64 Å². The lowest BCUT2D eigenvalue weighted by Gasteiger charge is -2.39. The number of carbonyl (C=O) groups excluding carboxylic acids is 1. The number of rotatable bonds is 5. The molecule has 7 heteroatoms. The number of ether oxygens (including phenoxy) is 1. The fraction of sp³-hybridized carbons (Fsp3) is 0.750. The monoisotopic (exact) mass is 340 g/mol. The third kappa shape index (κ3) is 3.25. The Morgan fingerprint density at radius 3 is 2.91 bits per heavy atom. The van der Waals surface area contributed by atoms with Crippen molar-refractivity contribution in [2.45, 2.75) is 32.7 Å². The van der Waals surface area contributed by atoms with Crippen LogP contribution in [0.15, 0.2) is 0 Å². The second-order valence-electron chi connectivity index (χ2n) is 6.74. The van der Waals surface area contributed by atoms with E-state index in [1.165, 1.54) is 0 Å². The van der Waals surface area contributed by atoms with Gasteiger partial charge in [0, 0.05) is 33.3 Å². The van der Waals surface area contributed by atoms with Crippen LogP contribution in [0.25, 0.3) is 0 Å². The average molecular weight is 341 g/mol. The first-order valence-corrected chi connectivity index (χ1v) is 8.63. The van der Waals surface area contributed by atoms with E-state index in [1.54, 1.807) is 7.11 Å². The van der Waals surface area contributed by atoms with Crippen molar-refractivity contribution in [3.8, 4) is 0 Å². The Kier molecular flexibility index (Phi) is 4.94. The van der Waals surface area contributed by atoms with Crippen molar-refractivity contribution in [1.29, 1.82) is 0 Å². The number of aryl methyl sites for hydroxylation is 1. The van der Waals surface area contributed by atoms with Crippen molar-refractivity contribution in [1.82, 2.24) is 20.0 Å². The van der Waals surface area contributed by atoms with Crippen LogP contribution < -0.4 is 0 Å². The number of aromatic nitrogens is 2. The van der Waals surface area contributed by atoms with Crippen molar-refractivity contribution >= 4 is 17.5 Å². The molecule has 2 fully saturated rings. The fourth-order valence-corrected chi connectivity index (χ4v) is 3.97. The maximum absolute atomic E-state index is 12.9. The summed E-state index contributed by atoms with van der Waals surface area (Å²) in [6.45, 7) is 6.51. The minimum Gasteiger partial charge on any atom is -0.383 e. The molecule has 1 N–H and O–H groups in total. The lowest BCUT2D eigenvalue weighted by molar-refractivity contribution is -0.146. The van der Waals surface area contributed by atoms with Crippen molar-refractivity contribution < 1.29 is 9.53 Å². The van der Waals surface area contributed by atoms with Gasteiger partial charge in [-0.2, -0.15) is 5.10 Å². The molecule has 23 heavy (non-hydrogen) atoms. The highest BCUT2D eigenvalue weighted by molar-refractivity contribution is 6.31. The third-order valence-corrected chi connectivity index (χ3v) is 5.64. The predicted molar refractivity (Wildman–Crippen MR) is 88.4 cm³/mol. The first-order valence-electron chi connectivity index (χ1n) is 8.26. The number of carbonyl (C=O) groups is 1. The maximum atomic E-state index is 12.9. The normalized spacial score (nSPS) is 25.7. The number of piperidine rings is 1. The first-order chi connectivity index (χ1) is 11.1. The van der Waals surface area contributed by atoms with E-state index in [-0.39, 0.29) is 5.41 Å². The van der Waals surface area contributed by atoms with Gasteiger partial charge in [-0.15, -0.1) is 0 Å². The summed E-state index contributed by atoms with van der Waals surface area (Å²) in [5.74, 6) is 0.299. The zero-order chi connectivity index (χ0) is 16.4. The van der Waals surface area contributed by atoms with Gasteiger partial charge in [0.25, 0.3) is 0 Å². The van der Waals surface area contributed by atoms with Crippen LogP contribution in [0.3, 0.4) is 0 Å². The number of halogens is 1. The van der Waals surface area contributed by atoms with Crippen LogP contribution in [0.5, 0.6) is 0 Å². The average Bonchev–Trinajstić information content (AvgIpc) is 3.09. The zero-order valence-corrected chi connectivity index (χ0v) is 14.7. The van der Waals surface area contributed by atoms with Gasteiger partial charge in [-0.05, 0) is 32.7 Å². The summed E-state index contributed by atoms with van der Waals surface area (Å²) in [4.78, 5) is 17.2. The van der Waals surface area contributed by atoms with Crippen LogP contribution in [-0.4, -0.2) is 65.8 Å². The van der Waals surface area contributed by atoms with Gasteiger partial charge >= 0.3 is 0 Å². The largest absolute Gasteiger partial charge is 0.383 e. The van der Waals surface area contributed by atoms with Gasteiger partial charge in [0.2, 0.25) is 5.91 Å². The van der Waals surface area contributed by atoms with Gasteiger partial charge in [-0.3, -0.25) is 14.8 Å². The third-order valence-electron chi connectivity index (χ3n) is 5.14. The minimum absolute atomic E-state index is 0.218. The molecule has 1 atom stereocenters. The lowest BCUT2D eigenvalue weighted by Crippen LogP contribution is -2.50. The number of H-pyrrole nitrogens is 1. The molecule has 1 amide bonds. The van der Waals surface area contributed by atoms with Crippen molar-refractivity contribution in [2.24, 2.45) is 5.41 Å². The molecule has 0 radical (unpaired) electrons. The number of nitrogens with zero attached hydrogens (tertiary/aromatic N) is 3. The number of methoxy groups -OCH3 is 1. The van der Waals surface area contributed by atoms with E-state index >= 15 is 0 Å². The standard InChI is InChI=1S/C16H25ClN4O2/c1-12-14(17)13(19-18-12)10-20-7-5-16(11-20)4-3-6-21(15(16)22)8-9-23-2/h3-11H2,1-2H3,(H,18,19)/t16-/m1/s1. The van der Waals surface area contributed by atoms with Crippen LogP contribution >= 0.6 is 11.6 Å². The zero-order valence-electron chi connectivity index (χ0n) is 13.9. The van der Waals surface area contributed by atoms with Gasteiger partial charge in [-0.1, -0.05) is 11.6 Å². The van der Waals surface area contributed by atoms with E-state index in [0.29, 0.717) is 30.6 Å². The molecule has 6 nitrogen and oxygen atoms in total. The molecule has 3 heterocycles. The van der Waals surface area contributed by atoms with Gasteiger partial charge in [0.1, 0.15) is 0 Å². The highest BCUT2D eigenvalue weighted by Crippen LogP contribution is 2.40. The lowest BCUT2D eigenvalue weighted by atomic mass is 9.78. The molecular weight excluding hydrogens is 316 g/mol. The minimum atomic E-state index is -0.218. The first kappa shape index (κ1) is 16.7. The summed E-state index contributed by atoms with van der Waals surface area (Å²) in [6.07, 6.45) is 2.99. The van der Waals surface area contributed by atoms with Gasteiger partial charge in [0.15, 0.2) is 0 Å². The van der Waals surface area contributed by atoms with Crippen LogP contribution in [0.1, 0.15) is 30.7 Å². The maximum Gasteiger partial charge on any atom is 0.230 e. The SMILES string of the molecule is COCCN1CCC[C@]2(CCN(Cc3n[nH]c(C)c3Cl)C2)C1=O. The van der Waals surface area contributed by atoms with Crippen molar-refractivity contribution in [2.75, 3.05) is 39.9 Å². The molecule has 0 unspecified atom stereocenters. The molecule has 3 rings (SSSR count). The number of amides is 1. The van der Waals surface area contributed by atoms with E-state index in [0.717, 1.165) is 50.3 Å². The Hall–Kier alpha value is -1.11. The smallest absolute Gasteiger partial charge is 0.230 e. The van der Waals surface area contributed by atoms with Gasteiger partial charge in [0.05, 0.1) is 28.4 Å². The quantitative estimate of drug-likeness (QED) is 0.888. The van der Waals surface area contributed by atoms with E-state index in [2.05, 4.69) is 15.1 Å². The number of aromatic amines is 1. The molecule has 1 aromatic heterocycles. The van der Waals surface area contributed by atoms with E-state index < -0.39 is 0 Å². The Morgan fingerprint density at radius 1 is 1.39 bits per heavy atom. The Balaban J connectivity index is 1.65.